The first kappa shape index (κ1) is 24.2. The number of rotatable bonds is 7. The predicted octanol–water partition coefficient (Wildman–Crippen LogP) is 4.02. The number of carbonyl (C=O) groups excluding carboxylic acids is 3. The van der Waals surface area contributed by atoms with E-state index >= 15 is 0 Å². The summed E-state index contributed by atoms with van der Waals surface area (Å²) in [6.45, 7) is 1.70. The van der Waals surface area contributed by atoms with Gasteiger partial charge in [0.2, 0.25) is 5.91 Å². The fourth-order valence-corrected chi connectivity index (χ4v) is 3.90. The maximum absolute atomic E-state index is 12.7. The molecule has 1 heterocycles. The highest BCUT2D eigenvalue weighted by Gasteiger charge is 2.19. The summed E-state index contributed by atoms with van der Waals surface area (Å²) in [4.78, 5) is 49.8. The minimum atomic E-state index is -0.606. The molecule has 0 aliphatic carbocycles. The molecule has 1 aliphatic heterocycles. The topological polar surface area (TPSA) is 122 Å². The number of non-ortho nitro benzene ring substituents is 1. The molecule has 2 aromatic rings. The van der Waals surface area contributed by atoms with E-state index in [0.717, 1.165) is 44.8 Å². The molecule has 0 saturated carbocycles. The monoisotopic (exact) mass is 472 g/mol. The minimum absolute atomic E-state index is 0.0200. The number of carbonyl (C=O) groups is 3. The molecular formula is C23H25ClN4O5. The Hall–Kier alpha value is -3.46. The predicted molar refractivity (Wildman–Crippen MR) is 124 cm³/mol. The Kier molecular flexibility index (Phi) is 8.37. The molecule has 174 valence electrons. The van der Waals surface area contributed by atoms with E-state index in [4.69, 9.17) is 11.6 Å². The number of nitrogens with zero attached hydrogens (tertiary/aromatic N) is 2. The Balaban J connectivity index is 1.61. The van der Waals surface area contributed by atoms with E-state index in [1.54, 1.807) is 24.3 Å². The van der Waals surface area contributed by atoms with Gasteiger partial charge >= 0.3 is 0 Å². The van der Waals surface area contributed by atoms with Crippen molar-refractivity contribution < 1.29 is 19.3 Å². The van der Waals surface area contributed by atoms with Gasteiger partial charge in [-0.15, -0.1) is 0 Å². The van der Waals surface area contributed by atoms with Crippen LogP contribution in [0.15, 0.2) is 42.5 Å². The Morgan fingerprint density at radius 1 is 0.970 bits per heavy atom. The number of likely N-dealkylation sites (tertiary alicyclic amines) is 1. The van der Waals surface area contributed by atoms with Gasteiger partial charge in [-0.2, -0.15) is 0 Å². The second kappa shape index (κ2) is 11.4. The largest absolute Gasteiger partial charge is 0.351 e. The van der Waals surface area contributed by atoms with E-state index < -0.39 is 16.7 Å². The van der Waals surface area contributed by atoms with Gasteiger partial charge in [-0.25, -0.2) is 0 Å². The van der Waals surface area contributed by atoms with Crippen LogP contribution >= 0.6 is 11.6 Å². The van der Waals surface area contributed by atoms with Crippen LogP contribution in [0.1, 0.15) is 52.8 Å². The Morgan fingerprint density at radius 2 is 1.67 bits per heavy atom. The van der Waals surface area contributed by atoms with Gasteiger partial charge in [0.05, 0.1) is 26.8 Å². The van der Waals surface area contributed by atoms with Crippen molar-refractivity contribution in [1.82, 2.24) is 10.2 Å². The highest BCUT2D eigenvalue weighted by molar-refractivity contribution is 6.34. The van der Waals surface area contributed by atoms with Crippen LogP contribution in [0.25, 0.3) is 0 Å². The molecule has 3 rings (SSSR count). The van der Waals surface area contributed by atoms with Crippen LogP contribution in [0, 0.1) is 10.1 Å². The fraction of sp³-hybridized carbons (Fsp3) is 0.348. The average Bonchev–Trinajstić information content (AvgIpc) is 3.08. The van der Waals surface area contributed by atoms with Crippen molar-refractivity contribution in [3.8, 4) is 0 Å². The number of amides is 3. The van der Waals surface area contributed by atoms with Crippen LogP contribution in [-0.4, -0.2) is 47.2 Å². The van der Waals surface area contributed by atoms with Gasteiger partial charge in [0, 0.05) is 38.2 Å². The van der Waals surface area contributed by atoms with Crippen molar-refractivity contribution in [1.29, 1.82) is 0 Å². The fourth-order valence-electron chi connectivity index (χ4n) is 3.64. The molecule has 0 spiro atoms. The summed E-state index contributed by atoms with van der Waals surface area (Å²) in [6.07, 6.45) is 4.48. The lowest BCUT2D eigenvalue weighted by molar-refractivity contribution is -0.384. The van der Waals surface area contributed by atoms with Crippen molar-refractivity contribution in [3.05, 3.63) is 68.7 Å². The number of nitrogens with one attached hydrogen (secondary N) is 2. The molecule has 2 aromatic carbocycles. The van der Waals surface area contributed by atoms with Crippen LogP contribution in [0.3, 0.4) is 0 Å². The van der Waals surface area contributed by atoms with Crippen LogP contribution in [-0.2, 0) is 4.79 Å². The first-order valence-corrected chi connectivity index (χ1v) is 11.1. The number of anilines is 1. The summed E-state index contributed by atoms with van der Waals surface area (Å²) in [5.74, 6) is -1.01. The smallest absolute Gasteiger partial charge is 0.270 e. The quantitative estimate of drug-likeness (QED) is 0.465. The summed E-state index contributed by atoms with van der Waals surface area (Å²) in [6, 6.07) is 9.97. The van der Waals surface area contributed by atoms with Gasteiger partial charge in [0.1, 0.15) is 0 Å². The van der Waals surface area contributed by atoms with E-state index in [1.165, 1.54) is 12.1 Å². The van der Waals surface area contributed by atoms with Crippen LogP contribution in [0.2, 0.25) is 5.02 Å². The van der Waals surface area contributed by atoms with Crippen molar-refractivity contribution in [2.45, 2.75) is 32.1 Å². The maximum atomic E-state index is 12.7. The van der Waals surface area contributed by atoms with Gasteiger partial charge in [0.25, 0.3) is 17.5 Å². The maximum Gasteiger partial charge on any atom is 0.270 e. The number of nitro benzene ring substituents is 1. The molecule has 9 nitrogen and oxygen atoms in total. The standard InChI is InChI=1S/C23H25ClN4O5/c24-19-15-16(28(32)33)9-10-17(19)23(31)26-20-8-4-3-7-18(20)22(30)25-12-11-21(29)27-13-5-1-2-6-14-27/h3-4,7-10,15H,1-2,5-6,11-14H2,(H,25,30)(H,26,31). The molecule has 10 heteroatoms. The number of hydrogen-bond donors (Lipinski definition) is 2. The zero-order chi connectivity index (χ0) is 23.8. The Bertz CT molecular complexity index is 1050. The summed E-state index contributed by atoms with van der Waals surface area (Å²) < 4.78 is 0. The minimum Gasteiger partial charge on any atom is -0.351 e. The van der Waals surface area contributed by atoms with Gasteiger partial charge in [0.15, 0.2) is 0 Å². The van der Waals surface area contributed by atoms with E-state index in [0.29, 0.717) is 0 Å². The number of nitro groups is 1. The lowest BCUT2D eigenvalue weighted by Gasteiger charge is -2.20. The number of hydrogen-bond acceptors (Lipinski definition) is 5. The van der Waals surface area contributed by atoms with E-state index in [1.807, 2.05) is 4.90 Å². The third kappa shape index (κ3) is 6.52. The van der Waals surface area contributed by atoms with Crippen molar-refractivity contribution in [3.63, 3.8) is 0 Å². The SMILES string of the molecule is O=C(Nc1ccccc1C(=O)NCCC(=O)N1CCCCCC1)c1ccc([N+](=O)[O-])cc1Cl. The lowest BCUT2D eigenvalue weighted by atomic mass is 10.1. The van der Waals surface area contributed by atoms with Crippen LogP contribution in [0.4, 0.5) is 11.4 Å². The molecule has 0 atom stereocenters. The molecule has 1 fully saturated rings. The molecule has 0 bridgehead atoms. The van der Waals surface area contributed by atoms with Gasteiger partial charge < -0.3 is 15.5 Å². The van der Waals surface area contributed by atoms with E-state index in [9.17, 15) is 24.5 Å². The summed E-state index contributed by atoms with van der Waals surface area (Å²) in [5.41, 5.74) is 0.297. The molecule has 2 N–H and O–H groups in total. The highest BCUT2D eigenvalue weighted by atomic mass is 35.5. The zero-order valence-electron chi connectivity index (χ0n) is 18.0. The third-order valence-corrected chi connectivity index (χ3v) is 5.72. The number of halogens is 1. The van der Waals surface area contributed by atoms with E-state index in [-0.39, 0.29) is 46.4 Å². The summed E-state index contributed by atoms with van der Waals surface area (Å²) in [7, 11) is 0. The van der Waals surface area contributed by atoms with Crippen molar-refractivity contribution >= 4 is 40.7 Å². The number of benzene rings is 2. The summed E-state index contributed by atoms with van der Waals surface area (Å²) in [5, 5.41) is 16.1. The van der Waals surface area contributed by atoms with Gasteiger partial charge in [-0.1, -0.05) is 36.6 Å². The second-order valence-electron chi connectivity index (χ2n) is 7.72. The average molecular weight is 473 g/mol. The summed E-state index contributed by atoms with van der Waals surface area (Å²) >= 11 is 6.03. The molecule has 1 aliphatic rings. The molecular weight excluding hydrogens is 448 g/mol. The molecule has 33 heavy (non-hydrogen) atoms. The van der Waals surface area contributed by atoms with Crippen molar-refractivity contribution in [2.24, 2.45) is 0 Å². The molecule has 0 radical (unpaired) electrons. The van der Waals surface area contributed by atoms with Gasteiger partial charge in [-0.05, 0) is 31.0 Å². The molecule has 0 aromatic heterocycles. The first-order valence-electron chi connectivity index (χ1n) is 10.8. The third-order valence-electron chi connectivity index (χ3n) is 5.41. The number of para-hydroxylation sites is 1. The molecule has 3 amide bonds. The Morgan fingerprint density at radius 3 is 2.33 bits per heavy atom. The molecule has 1 saturated heterocycles. The van der Waals surface area contributed by atoms with Crippen LogP contribution < -0.4 is 10.6 Å². The van der Waals surface area contributed by atoms with Gasteiger partial charge in [-0.3, -0.25) is 24.5 Å². The van der Waals surface area contributed by atoms with Crippen molar-refractivity contribution in [2.75, 3.05) is 25.0 Å². The van der Waals surface area contributed by atoms with E-state index in [2.05, 4.69) is 10.6 Å². The molecule has 0 unspecified atom stereocenters. The first-order chi connectivity index (χ1) is 15.9. The normalized spacial score (nSPS) is 13.7. The zero-order valence-corrected chi connectivity index (χ0v) is 18.8. The second-order valence-corrected chi connectivity index (χ2v) is 8.13. The highest BCUT2D eigenvalue weighted by Crippen LogP contribution is 2.24. The Labute approximate surface area is 196 Å². The lowest BCUT2D eigenvalue weighted by Crippen LogP contribution is -2.35. The van der Waals surface area contributed by atoms with Crippen LogP contribution in [0.5, 0.6) is 0 Å².